The van der Waals surface area contributed by atoms with Gasteiger partial charge < -0.3 is 0 Å². The molecule has 0 atom stereocenters. The molecule has 0 aliphatic heterocycles. The average molecular weight is 168 g/mol. The van der Waals surface area contributed by atoms with Crippen LogP contribution in [-0.4, -0.2) is 10.2 Å². The van der Waals surface area contributed by atoms with Crippen molar-refractivity contribution in [2.24, 2.45) is 0 Å². The highest BCUT2D eigenvalue weighted by molar-refractivity contribution is 5.13. The highest BCUT2D eigenvalue weighted by Crippen LogP contribution is 2.06. The number of H-pyrrole nitrogens is 1. The summed E-state index contributed by atoms with van der Waals surface area (Å²) in [7, 11) is 0. The predicted molar refractivity (Wildman–Crippen MR) is 53.3 cm³/mol. The van der Waals surface area contributed by atoms with Gasteiger partial charge in [-0.2, -0.15) is 5.10 Å². The summed E-state index contributed by atoms with van der Waals surface area (Å²) in [6, 6.07) is 0. The Bertz CT molecular complexity index is 191. The number of hydrogen-bond acceptors (Lipinski definition) is 1. The average Bonchev–Trinajstić information content (AvgIpc) is 2.51. The largest absolute Gasteiger partial charge is 0.283 e. The molecule has 2 heteroatoms. The van der Waals surface area contributed by atoms with E-state index in [-0.39, 0.29) is 0 Å². The van der Waals surface area contributed by atoms with Crippen molar-refractivity contribution in [2.75, 3.05) is 0 Å². The maximum absolute atomic E-state index is 3.95. The Balaban J connectivity index is 0.000000561. The third-order valence-electron chi connectivity index (χ3n) is 1.73. The van der Waals surface area contributed by atoms with Gasteiger partial charge in [0.1, 0.15) is 0 Å². The predicted octanol–water partition coefficient (Wildman–Crippen LogP) is 3.09. The second kappa shape index (κ2) is 6.89. The Kier molecular flexibility index (Phi) is 6.44. The lowest BCUT2D eigenvalue weighted by Crippen LogP contribution is -1.84. The summed E-state index contributed by atoms with van der Waals surface area (Å²) >= 11 is 0. The van der Waals surface area contributed by atoms with Crippen LogP contribution in [0.1, 0.15) is 44.9 Å². The number of nitrogens with zero attached hydrogens (tertiary/aromatic N) is 1. The molecule has 1 aromatic rings. The zero-order valence-electron chi connectivity index (χ0n) is 8.65. The van der Waals surface area contributed by atoms with Crippen molar-refractivity contribution in [2.45, 2.75) is 47.0 Å². The first-order chi connectivity index (χ1) is 5.84. The van der Waals surface area contributed by atoms with E-state index in [2.05, 4.69) is 24.0 Å². The molecule has 0 saturated carbocycles. The van der Waals surface area contributed by atoms with Crippen molar-refractivity contribution in [1.29, 1.82) is 0 Å². The fourth-order valence-corrected chi connectivity index (χ4v) is 0.995. The molecule has 0 radical (unpaired) electrons. The van der Waals surface area contributed by atoms with Crippen LogP contribution in [0.3, 0.4) is 0 Å². The van der Waals surface area contributed by atoms with Crippen molar-refractivity contribution in [3.63, 3.8) is 0 Å². The highest BCUT2D eigenvalue weighted by atomic mass is 15.1. The van der Waals surface area contributed by atoms with Crippen molar-refractivity contribution in [1.82, 2.24) is 10.2 Å². The summed E-state index contributed by atoms with van der Waals surface area (Å²) < 4.78 is 0. The summed E-state index contributed by atoms with van der Waals surface area (Å²) in [6.45, 7) is 8.27. The van der Waals surface area contributed by atoms with E-state index < -0.39 is 0 Å². The molecule has 1 aromatic heterocycles. The molecule has 70 valence electrons. The summed E-state index contributed by atoms with van der Waals surface area (Å²) in [5, 5.41) is 6.88. The maximum atomic E-state index is 3.95. The van der Waals surface area contributed by atoms with Crippen LogP contribution in [-0.2, 0) is 6.42 Å². The SMILES string of the molecule is CC.CCCCc1cn[nH]c1C. The number of unbranched alkanes of at least 4 members (excludes halogenated alkanes) is 1. The van der Waals surface area contributed by atoms with Crippen LogP contribution in [0.25, 0.3) is 0 Å². The monoisotopic (exact) mass is 168 g/mol. The van der Waals surface area contributed by atoms with Crippen LogP contribution in [0.5, 0.6) is 0 Å². The Morgan fingerprint density at radius 3 is 2.50 bits per heavy atom. The number of rotatable bonds is 3. The molecule has 12 heavy (non-hydrogen) atoms. The molecule has 1 heterocycles. The standard InChI is InChI=1S/C8H14N2.C2H6/c1-3-4-5-8-6-9-10-7(8)2;1-2/h6H,3-5H2,1-2H3,(H,9,10);1-2H3. The van der Waals surface area contributed by atoms with Gasteiger partial charge in [-0.1, -0.05) is 27.2 Å². The van der Waals surface area contributed by atoms with E-state index in [1.807, 2.05) is 20.0 Å². The number of aromatic amines is 1. The van der Waals surface area contributed by atoms with Gasteiger partial charge in [0.15, 0.2) is 0 Å². The Morgan fingerprint density at radius 1 is 1.42 bits per heavy atom. The van der Waals surface area contributed by atoms with Crippen LogP contribution in [0.15, 0.2) is 6.20 Å². The smallest absolute Gasteiger partial charge is 0.0522 e. The molecule has 0 aliphatic rings. The quantitative estimate of drug-likeness (QED) is 0.738. The first-order valence-corrected chi connectivity index (χ1v) is 4.83. The van der Waals surface area contributed by atoms with Crippen LogP contribution < -0.4 is 0 Å². The van der Waals surface area contributed by atoms with Crippen LogP contribution in [0, 0.1) is 6.92 Å². The summed E-state index contributed by atoms with van der Waals surface area (Å²) in [6.07, 6.45) is 5.61. The van der Waals surface area contributed by atoms with Crippen LogP contribution in [0.4, 0.5) is 0 Å². The van der Waals surface area contributed by atoms with Crippen LogP contribution in [0.2, 0.25) is 0 Å². The molecule has 1 rings (SSSR count). The van der Waals surface area contributed by atoms with E-state index in [1.54, 1.807) is 0 Å². The van der Waals surface area contributed by atoms with E-state index in [0.717, 1.165) is 0 Å². The molecule has 1 N–H and O–H groups in total. The Labute approximate surface area is 75.4 Å². The maximum Gasteiger partial charge on any atom is 0.0522 e. The van der Waals surface area contributed by atoms with Crippen molar-refractivity contribution in [3.05, 3.63) is 17.5 Å². The van der Waals surface area contributed by atoms with Gasteiger partial charge in [-0.15, -0.1) is 0 Å². The van der Waals surface area contributed by atoms with Crippen LogP contribution >= 0.6 is 0 Å². The van der Waals surface area contributed by atoms with Gasteiger partial charge in [0.05, 0.1) is 6.20 Å². The minimum absolute atomic E-state index is 1.17. The minimum Gasteiger partial charge on any atom is -0.283 e. The molecule has 0 aliphatic carbocycles. The van der Waals surface area contributed by atoms with Gasteiger partial charge in [0, 0.05) is 5.69 Å². The molecule has 0 bridgehead atoms. The molecular weight excluding hydrogens is 148 g/mol. The zero-order valence-corrected chi connectivity index (χ0v) is 8.65. The van der Waals surface area contributed by atoms with Gasteiger partial charge in [0.25, 0.3) is 0 Å². The van der Waals surface area contributed by atoms with E-state index >= 15 is 0 Å². The fraction of sp³-hybridized carbons (Fsp3) is 0.700. The molecular formula is C10H20N2. The lowest BCUT2D eigenvalue weighted by Gasteiger charge is -1.94. The van der Waals surface area contributed by atoms with Gasteiger partial charge in [-0.05, 0) is 25.3 Å². The first-order valence-electron chi connectivity index (χ1n) is 4.83. The molecule has 0 aromatic carbocycles. The van der Waals surface area contributed by atoms with Crippen molar-refractivity contribution in [3.8, 4) is 0 Å². The van der Waals surface area contributed by atoms with Gasteiger partial charge >= 0.3 is 0 Å². The second-order valence-corrected chi connectivity index (χ2v) is 2.62. The van der Waals surface area contributed by atoms with Crippen molar-refractivity contribution < 1.29 is 0 Å². The normalized spacial score (nSPS) is 9.00. The van der Waals surface area contributed by atoms with Gasteiger partial charge in [-0.25, -0.2) is 0 Å². The number of nitrogens with one attached hydrogen (secondary N) is 1. The molecule has 0 saturated heterocycles. The van der Waals surface area contributed by atoms with Gasteiger partial charge in [-0.3, -0.25) is 5.10 Å². The van der Waals surface area contributed by atoms with Crippen molar-refractivity contribution >= 4 is 0 Å². The molecule has 0 spiro atoms. The third-order valence-corrected chi connectivity index (χ3v) is 1.73. The van der Waals surface area contributed by atoms with Gasteiger partial charge in [0.2, 0.25) is 0 Å². The Morgan fingerprint density at radius 2 is 2.08 bits per heavy atom. The summed E-state index contributed by atoms with van der Waals surface area (Å²) in [5.41, 5.74) is 2.58. The highest BCUT2D eigenvalue weighted by Gasteiger charge is 1.97. The number of hydrogen-bond donors (Lipinski definition) is 1. The lowest BCUT2D eigenvalue weighted by molar-refractivity contribution is 0.791. The van der Waals surface area contributed by atoms with E-state index in [0.29, 0.717) is 0 Å². The topological polar surface area (TPSA) is 28.7 Å². The van der Waals surface area contributed by atoms with E-state index in [9.17, 15) is 0 Å². The molecule has 0 unspecified atom stereocenters. The van der Waals surface area contributed by atoms with E-state index in [1.165, 1.54) is 30.5 Å². The lowest BCUT2D eigenvalue weighted by atomic mass is 10.1. The van der Waals surface area contributed by atoms with E-state index in [4.69, 9.17) is 0 Å². The number of aryl methyl sites for hydroxylation is 2. The number of aromatic nitrogens is 2. The Hall–Kier alpha value is -0.790. The second-order valence-electron chi connectivity index (χ2n) is 2.62. The summed E-state index contributed by atoms with van der Waals surface area (Å²) in [4.78, 5) is 0. The first kappa shape index (κ1) is 11.2. The zero-order chi connectivity index (χ0) is 9.40. The fourth-order valence-electron chi connectivity index (χ4n) is 0.995. The summed E-state index contributed by atoms with van der Waals surface area (Å²) in [5.74, 6) is 0. The molecule has 0 fully saturated rings. The molecule has 2 nitrogen and oxygen atoms in total. The minimum atomic E-state index is 1.17. The third kappa shape index (κ3) is 3.56. The molecule has 0 amide bonds.